The zero-order chi connectivity index (χ0) is 20.3. The number of rotatable bonds is 5. The lowest BCUT2D eigenvalue weighted by molar-refractivity contribution is 0.0359. The van der Waals surface area contributed by atoms with Crippen molar-refractivity contribution in [3.8, 4) is 0 Å². The van der Waals surface area contributed by atoms with Gasteiger partial charge in [-0.3, -0.25) is 14.4 Å². The molecule has 0 bridgehead atoms. The predicted octanol–water partition coefficient (Wildman–Crippen LogP) is 1.77. The Bertz CT molecular complexity index is 976. The van der Waals surface area contributed by atoms with Gasteiger partial charge in [0.2, 0.25) is 0 Å². The summed E-state index contributed by atoms with van der Waals surface area (Å²) >= 11 is 0. The van der Waals surface area contributed by atoms with Crippen LogP contribution in [0, 0.1) is 0 Å². The number of ether oxygens (including phenoxy) is 1. The maximum absolute atomic E-state index is 13.0. The zero-order valence-corrected chi connectivity index (χ0v) is 16.9. The van der Waals surface area contributed by atoms with Crippen molar-refractivity contribution >= 4 is 17.0 Å². The molecule has 5 rings (SSSR count). The number of fused-ring (bicyclic) bond motifs is 1. The highest BCUT2D eigenvalue weighted by Crippen LogP contribution is 2.29. The van der Waals surface area contributed by atoms with E-state index in [-0.39, 0.29) is 11.8 Å². The monoisotopic (exact) mass is 410 g/mol. The second kappa shape index (κ2) is 8.53. The third kappa shape index (κ3) is 4.08. The fourth-order valence-corrected chi connectivity index (χ4v) is 4.16. The van der Waals surface area contributed by atoms with E-state index >= 15 is 0 Å². The molecule has 2 saturated heterocycles. The summed E-state index contributed by atoms with van der Waals surface area (Å²) in [4.78, 5) is 21.8. The molecule has 2 aliphatic rings. The van der Waals surface area contributed by atoms with Gasteiger partial charge in [0.1, 0.15) is 5.52 Å². The molecule has 0 spiro atoms. The predicted molar refractivity (Wildman–Crippen MR) is 109 cm³/mol. The number of hydrogen-bond acceptors (Lipinski definition) is 7. The van der Waals surface area contributed by atoms with E-state index in [9.17, 15) is 4.79 Å². The molecular formula is C21H26N6O3. The number of piperidine rings is 1. The zero-order valence-electron chi connectivity index (χ0n) is 16.9. The summed E-state index contributed by atoms with van der Waals surface area (Å²) in [5.41, 5.74) is 2.05. The van der Waals surface area contributed by atoms with E-state index in [1.807, 2.05) is 29.2 Å². The average molecular weight is 410 g/mol. The molecule has 1 atom stereocenters. The number of carbonyl (C=O) groups is 1. The molecule has 0 radical (unpaired) electrons. The average Bonchev–Trinajstić information content (AvgIpc) is 3.45. The summed E-state index contributed by atoms with van der Waals surface area (Å²) in [6.45, 7) is 6.32. The van der Waals surface area contributed by atoms with E-state index in [0.29, 0.717) is 24.7 Å². The van der Waals surface area contributed by atoms with Crippen LogP contribution in [0.15, 0.2) is 34.9 Å². The van der Waals surface area contributed by atoms with Crippen LogP contribution in [0.25, 0.3) is 11.1 Å². The largest absolute Gasteiger partial charge is 0.440 e. The third-order valence-corrected chi connectivity index (χ3v) is 5.88. The molecule has 1 amide bonds. The number of benzene rings is 1. The lowest BCUT2D eigenvalue weighted by Crippen LogP contribution is -2.39. The SMILES string of the molecule is O=C(c1cn(CCN2CCOCC2)nn1)N1CCC[C@@H](c2nc3ccccc3o2)C1. The summed E-state index contributed by atoms with van der Waals surface area (Å²) in [6, 6.07) is 7.76. The molecule has 3 aromatic rings. The van der Waals surface area contributed by atoms with Crippen molar-refractivity contribution in [1.82, 2.24) is 29.8 Å². The number of hydrogen-bond donors (Lipinski definition) is 0. The summed E-state index contributed by atoms with van der Waals surface area (Å²) in [7, 11) is 0. The molecule has 4 heterocycles. The van der Waals surface area contributed by atoms with Gasteiger partial charge in [-0.2, -0.15) is 0 Å². The Labute approximate surface area is 174 Å². The van der Waals surface area contributed by atoms with Crippen molar-refractivity contribution in [2.75, 3.05) is 45.9 Å². The molecule has 9 nitrogen and oxygen atoms in total. The van der Waals surface area contributed by atoms with Crippen LogP contribution < -0.4 is 0 Å². The highest BCUT2D eigenvalue weighted by atomic mass is 16.5. The summed E-state index contributed by atoms with van der Waals surface area (Å²) in [5, 5.41) is 8.28. The molecular weight excluding hydrogens is 384 g/mol. The number of morpholine rings is 1. The van der Waals surface area contributed by atoms with E-state index in [1.54, 1.807) is 10.9 Å². The fourth-order valence-electron chi connectivity index (χ4n) is 4.16. The molecule has 9 heteroatoms. The van der Waals surface area contributed by atoms with Gasteiger partial charge in [0.25, 0.3) is 5.91 Å². The molecule has 2 fully saturated rings. The molecule has 0 saturated carbocycles. The van der Waals surface area contributed by atoms with Gasteiger partial charge in [0.05, 0.1) is 31.9 Å². The smallest absolute Gasteiger partial charge is 0.276 e. The van der Waals surface area contributed by atoms with Crippen molar-refractivity contribution in [3.63, 3.8) is 0 Å². The molecule has 0 N–H and O–H groups in total. The minimum atomic E-state index is -0.0755. The standard InChI is InChI=1S/C21H26N6O3/c28-21(18-15-27(24-23-18)9-8-25-10-12-29-13-11-25)26-7-3-4-16(14-26)20-22-17-5-1-2-6-19(17)30-20/h1-2,5-6,15-16H,3-4,7-14H2/t16-/m1/s1. The van der Waals surface area contributed by atoms with Crippen LogP contribution in [-0.2, 0) is 11.3 Å². The topological polar surface area (TPSA) is 89.5 Å². The van der Waals surface area contributed by atoms with Crippen molar-refractivity contribution in [1.29, 1.82) is 0 Å². The van der Waals surface area contributed by atoms with Crippen molar-refractivity contribution in [3.05, 3.63) is 42.0 Å². The quantitative estimate of drug-likeness (QED) is 0.633. The first kappa shape index (κ1) is 19.2. The van der Waals surface area contributed by atoms with Crippen LogP contribution in [-0.4, -0.2) is 81.6 Å². The van der Waals surface area contributed by atoms with E-state index in [4.69, 9.17) is 9.15 Å². The number of para-hydroxylation sites is 2. The molecule has 2 aliphatic heterocycles. The number of amides is 1. The van der Waals surface area contributed by atoms with E-state index in [1.165, 1.54) is 0 Å². The number of oxazole rings is 1. The third-order valence-electron chi connectivity index (χ3n) is 5.88. The van der Waals surface area contributed by atoms with Gasteiger partial charge >= 0.3 is 0 Å². The Hall–Kier alpha value is -2.78. The minimum absolute atomic E-state index is 0.0755. The normalized spacial score (nSPS) is 20.7. The van der Waals surface area contributed by atoms with E-state index < -0.39 is 0 Å². The summed E-state index contributed by atoms with van der Waals surface area (Å²) in [6.07, 6.45) is 3.63. The second-order valence-electron chi connectivity index (χ2n) is 7.93. The van der Waals surface area contributed by atoms with Gasteiger partial charge in [0.15, 0.2) is 17.2 Å². The van der Waals surface area contributed by atoms with Gasteiger partial charge in [0, 0.05) is 32.7 Å². The Morgan fingerprint density at radius 2 is 2.00 bits per heavy atom. The lowest BCUT2D eigenvalue weighted by Gasteiger charge is -2.30. The number of carbonyl (C=O) groups excluding carboxylic acids is 1. The molecule has 158 valence electrons. The van der Waals surface area contributed by atoms with E-state index in [0.717, 1.165) is 63.3 Å². The number of aromatic nitrogens is 4. The Morgan fingerprint density at radius 1 is 1.13 bits per heavy atom. The van der Waals surface area contributed by atoms with Gasteiger partial charge in [-0.15, -0.1) is 5.10 Å². The van der Waals surface area contributed by atoms with Crippen LogP contribution in [0.1, 0.15) is 35.1 Å². The van der Waals surface area contributed by atoms with Crippen LogP contribution in [0.5, 0.6) is 0 Å². The van der Waals surface area contributed by atoms with Crippen LogP contribution in [0.2, 0.25) is 0 Å². The highest BCUT2D eigenvalue weighted by molar-refractivity contribution is 5.92. The molecule has 30 heavy (non-hydrogen) atoms. The van der Waals surface area contributed by atoms with Crippen molar-refractivity contribution in [2.24, 2.45) is 0 Å². The molecule has 0 aliphatic carbocycles. The van der Waals surface area contributed by atoms with Crippen LogP contribution >= 0.6 is 0 Å². The Kier molecular flexibility index (Phi) is 5.46. The summed E-state index contributed by atoms with van der Waals surface area (Å²) in [5.74, 6) is 0.739. The molecule has 0 unspecified atom stereocenters. The Balaban J connectivity index is 1.22. The van der Waals surface area contributed by atoms with Gasteiger partial charge < -0.3 is 14.1 Å². The number of nitrogens with zero attached hydrogens (tertiary/aromatic N) is 6. The fraction of sp³-hybridized carbons (Fsp3) is 0.524. The lowest BCUT2D eigenvalue weighted by atomic mass is 9.98. The van der Waals surface area contributed by atoms with Crippen molar-refractivity contribution in [2.45, 2.75) is 25.3 Å². The van der Waals surface area contributed by atoms with Gasteiger partial charge in [-0.05, 0) is 25.0 Å². The van der Waals surface area contributed by atoms with Crippen LogP contribution in [0.4, 0.5) is 0 Å². The first-order valence-corrected chi connectivity index (χ1v) is 10.6. The van der Waals surface area contributed by atoms with Crippen molar-refractivity contribution < 1.29 is 13.9 Å². The summed E-state index contributed by atoms with van der Waals surface area (Å²) < 4.78 is 13.1. The van der Waals surface area contributed by atoms with E-state index in [2.05, 4.69) is 20.2 Å². The first-order chi connectivity index (χ1) is 14.8. The Morgan fingerprint density at radius 3 is 2.87 bits per heavy atom. The number of likely N-dealkylation sites (tertiary alicyclic amines) is 1. The highest BCUT2D eigenvalue weighted by Gasteiger charge is 2.29. The van der Waals surface area contributed by atoms with Gasteiger partial charge in [-0.1, -0.05) is 17.3 Å². The van der Waals surface area contributed by atoms with Crippen LogP contribution in [0.3, 0.4) is 0 Å². The molecule has 1 aromatic carbocycles. The van der Waals surface area contributed by atoms with Gasteiger partial charge in [-0.25, -0.2) is 4.98 Å². The maximum Gasteiger partial charge on any atom is 0.276 e. The first-order valence-electron chi connectivity index (χ1n) is 10.6. The maximum atomic E-state index is 13.0. The second-order valence-corrected chi connectivity index (χ2v) is 7.93. The minimum Gasteiger partial charge on any atom is -0.440 e. The molecule has 2 aromatic heterocycles.